The number of amides is 1. The molecule has 4 aromatic rings. The van der Waals surface area contributed by atoms with Crippen LogP contribution in [0.2, 0.25) is 0 Å². The third-order valence-electron chi connectivity index (χ3n) is 5.65. The van der Waals surface area contributed by atoms with Gasteiger partial charge in [-0.15, -0.1) is 5.10 Å². The Kier molecular flexibility index (Phi) is 4.95. The molecular formula is C21H20FN5O3S. The van der Waals surface area contributed by atoms with Crippen molar-refractivity contribution in [1.82, 2.24) is 19.5 Å². The molecule has 0 spiro atoms. The third-order valence-corrected chi connectivity index (χ3v) is 6.72. The van der Waals surface area contributed by atoms with E-state index in [1.165, 1.54) is 34.2 Å². The average molecular weight is 441 g/mol. The quantitative estimate of drug-likeness (QED) is 0.492. The molecule has 3 N–H and O–H groups in total. The number of aromatic hydroxyl groups is 1. The number of likely N-dealkylation sites (tertiary alicyclic amines) is 1. The summed E-state index contributed by atoms with van der Waals surface area (Å²) in [5.74, 6) is 0.0186. The molecule has 1 atom stereocenters. The van der Waals surface area contributed by atoms with Crippen LogP contribution in [0, 0.1) is 11.7 Å². The molecule has 4 heterocycles. The molecule has 0 unspecified atom stereocenters. The van der Waals surface area contributed by atoms with Crippen LogP contribution >= 0.6 is 11.3 Å². The maximum Gasteiger partial charge on any atom is 0.230 e. The van der Waals surface area contributed by atoms with E-state index in [4.69, 9.17) is 10.2 Å². The van der Waals surface area contributed by atoms with E-state index in [1.54, 1.807) is 18.2 Å². The number of nitrogens with zero attached hydrogens (tertiary/aromatic N) is 4. The summed E-state index contributed by atoms with van der Waals surface area (Å²) >= 11 is 1.29. The second-order valence-electron chi connectivity index (χ2n) is 7.57. The summed E-state index contributed by atoms with van der Waals surface area (Å²) in [6.45, 7) is 1.19. The Morgan fingerprint density at radius 1 is 1.29 bits per heavy atom. The fourth-order valence-corrected chi connectivity index (χ4v) is 5.20. The van der Waals surface area contributed by atoms with Crippen LogP contribution in [0.25, 0.3) is 16.5 Å². The SMILES string of the molecule is NC(=O)C1CCN([C@H](c2cccc(F)c2)c2sc3nc(-c4ccco4)nn3c2O)CC1. The van der Waals surface area contributed by atoms with Gasteiger partial charge in [0.25, 0.3) is 0 Å². The van der Waals surface area contributed by atoms with E-state index in [0.29, 0.717) is 52.9 Å². The van der Waals surface area contributed by atoms with Gasteiger partial charge in [0.2, 0.25) is 22.6 Å². The second-order valence-corrected chi connectivity index (χ2v) is 8.58. The van der Waals surface area contributed by atoms with Crippen molar-refractivity contribution in [3.05, 3.63) is 58.9 Å². The number of nitrogens with two attached hydrogens (primary N) is 1. The summed E-state index contributed by atoms with van der Waals surface area (Å²) in [6.07, 6.45) is 2.77. The maximum absolute atomic E-state index is 14.1. The van der Waals surface area contributed by atoms with Gasteiger partial charge in [-0.1, -0.05) is 23.5 Å². The molecule has 1 fully saturated rings. The number of thiazole rings is 1. The van der Waals surface area contributed by atoms with Gasteiger partial charge in [0.15, 0.2) is 5.76 Å². The van der Waals surface area contributed by atoms with Crippen LogP contribution in [0.4, 0.5) is 4.39 Å². The summed E-state index contributed by atoms with van der Waals surface area (Å²) in [4.78, 5) is 19.3. The second kappa shape index (κ2) is 7.78. The molecule has 1 amide bonds. The summed E-state index contributed by atoms with van der Waals surface area (Å²) in [6, 6.07) is 9.42. The Bertz CT molecular complexity index is 1230. The predicted octanol–water partition coefficient (Wildman–Crippen LogP) is 3.18. The van der Waals surface area contributed by atoms with Gasteiger partial charge in [-0.2, -0.15) is 9.50 Å². The number of carbonyl (C=O) groups excluding carboxylic acids is 1. The lowest BCUT2D eigenvalue weighted by Gasteiger charge is -2.36. The van der Waals surface area contributed by atoms with E-state index >= 15 is 0 Å². The molecule has 0 radical (unpaired) electrons. The largest absolute Gasteiger partial charge is 0.492 e. The minimum atomic E-state index is -0.398. The number of hydrogen-bond donors (Lipinski definition) is 2. The molecule has 10 heteroatoms. The van der Waals surface area contributed by atoms with Gasteiger partial charge in [-0.05, 0) is 55.8 Å². The molecule has 0 aliphatic carbocycles. The monoisotopic (exact) mass is 441 g/mol. The van der Waals surface area contributed by atoms with Crippen LogP contribution in [0.3, 0.4) is 0 Å². The van der Waals surface area contributed by atoms with Crippen LogP contribution in [0.5, 0.6) is 5.88 Å². The lowest BCUT2D eigenvalue weighted by molar-refractivity contribution is -0.123. The van der Waals surface area contributed by atoms with Crippen molar-refractivity contribution in [3.8, 4) is 17.5 Å². The number of benzene rings is 1. The Balaban J connectivity index is 1.55. The van der Waals surface area contributed by atoms with Gasteiger partial charge >= 0.3 is 0 Å². The van der Waals surface area contributed by atoms with Gasteiger partial charge in [-0.3, -0.25) is 9.69 Å². The smallest absolute Gasteiger partial charge is 0.230 e. The number of aromatic nitrogens is 3. The molecule has 5 rings (SSSR count). The van der Waals surface area contributed by atoms with Crippen LogP contribution in [0.1, 0.15) is 29.3 Å². The summed E-state index contributed by atoms with van der Waals surface area (Å²) < 4.78 is 20.8. The molecule has 31 heavy (non-hydrogen) atoms. The van der Waals surface area contributed by atoms with E-state index in [1.807, 2.05) is 6.07 Å². The van der Waals surface area contributed by atoms with E-state index in [0.717, 1.165) is 0 Å². The maximum atomic E-state index is 14.1. The van der Waals surface area contributed by atoms with Gasteiger partial charge in [-0.25, -0.2) is 4.39 Å². The first-order valence-corrected chi connectivity index (χ1v) is 10.7. The average Bonchev–Trinajstić information content (AvgIpc) is 3.48. The molecule has 0 bridgehead atoms. The summed E-state index contributed by atoms with van der Waals surface area (Å²) in [5.41, 5.74) is 6.19. The Labute approximate surface area is 180 Å². The number of halogens is 1. The zero-order valence-corrected chi connectivity index (χ0v) is 17.3. The fourth-order valence-electron chi connectivity index (χ4n) is 4.09. The first kappa shape index (κ1) is 19.7. The highest BCUT2D eigenvalue weighted by atomic mass is 32.1. The zero-order valence-electron chi connectivity index (χ0n) is 16.4. The van der Waals surface area contributed by atoms with E-state index in [9.17, 15) is 14.3 Å². The normalized spacial score (nSPS) is 16.7. The number of hydrogen-bond acceptors (Lipinski definition) is 7. The number of piperidine rings is 1. The van der Waals surface area contributed by atoms with Crippen LogP contribution in [-0.2, 0) is 4.79 Å². The topological polar surface area (TPSA) is 110 Å². The highest BCUT2D eigenvalue weighted by Gasteiger charge is 2.33. The van der Waals surface area contributed by atoms with Crippen LogP contribution < -0.4 is 5.73 Å². The highest BCUT2D eigenvalue weighted by molar-refractivity contribution is 7.17. The molecular weight excluding hydrogens is 421 g/mol. The number of rotatable bonds is 5. The van der Waals surface area contributed by atoms with E-state index in [-0.39, 0.29) is 23.5 Å². The van der Waals surface area contributed by atoms with Crippen LogP contribution in [-0.4, -0.2) is 43.6 Å². The minimum Gasteiger partial charge on any atom is -0.492 e. The molecule has 1 aliphatic rings. The summed E-state index contributed by atoms with van der Waals surface area (Å²) in [7, 11) is 0. The van der Waals surface area contributed by atoms with Crippen molar-refractivity contribution < 1.29 is 18.7 Å². The Morgan fingerprint density at radius 2 is 2.10 bits per heavy atom. The van der Waals surface area contributed by atoms with Crippen molar-refractivity contribution in [2.45, 2.75) is 18.9 Å². The third kappa shape index (κ3) is 3.57. The van der Waals surface area contributed by atoms with Gasteiger partial charge in [0.1, 0.15) is 5.82 Å². The molecule has 3 aromatic heterocycles. The molecule has 0 saturated carbocycles. The number of primary amides is 1. The van der Waals surface area contributed by atoms with Gasteiger partial charge in [0, 0.05) is 5.92 Å². The number of furan rings is 1. The summed E-state index contributed by atoms with van der Waals surface area (Å²) in [5, 5.41) is 15.4. The first-order chi connectivity index (χ1) is 15.0. The molecule has 8 nitrogen and oxygen atoms in total. The van der Waals surface area contributed by atoms with Gasteiger partial charge in [0.05, 0.1) is 17.2 Å². The lowest BCUT2D eigenvalue weighted by atomic mass is 9.93. The standard InChI is InChI=1S/C21H20FN5O3S/c22-14-4-1-3-13(11-14)16(26-8-6-12(7-9-26)18(23)28)17-20(29)27-21(31-17)24-19(25-27)15-5-2-10-30-15/h1-5,10-12,16,29H,6-9H2,(H2,23,28)/t16-/m1/s1. The lowest BCUT2D eigenvalue weighted by Crippen LogP contribution is -2.40. The molecule has 1 aromatic carbocycles. The van der Waals surface area contributed by atoms with Crippen molar-refractivity contribution in [2.24, 2.45) is 11.7 Å². The Hall–Kier alpha value is -3.24. The minimum absolute atomic E-state index is 0.0448. The molecule has 1 saturated heterocycles. The predicted molar refractivity (Wildman–Crippen MR) is 112 cm³/mol. The van der Waals surface area contributed by atoms with E-state index in [2.05, 4.69) is 15.0 Å². The molecule has 160 valence electrons. The Morgan fingerprint density at radius 3 is 2.74 bits per heavy atom. The number of fused-ring (bicyclic) bond motifs is 1. The van der Waals surface area contributed by atoms with E-state index < -0.39 is 6.04 Å². The highest BCUT2D eigenvalue weighted by Crippen LogP contribution is 2.41. The van der Waals surface area contributed by atoms with Crippen molar-refractivity contribution >= 4 is 22.2 Å². The van der Waals surface area contributed by atoms with Crippen LogP contribution in [0.15, 0.2) is 47.1 Å². The van der Waals surface area contributed by atoms with Crippen molar-refractivity contribution in [2.75, 3.05) is 13.1 Å². The van der Waals surface area contributed by atoms with Crippen molar-refractivity contribution in [3.63, 3.8) is 0 Å². The van der Waals surface area contributed by atoms with Gasteiger partial charge < -0.3 is 15.3 Å². The zero-order chi connectivity index (χ0) is 21.5. The number of carbonyl (C=O) groups is 1. The first-order valence-electron chi connectivity index (χ1n) is 9.92. The van der Waals surface area contributed by atoms with Crippen molar-refractivity contribution in [1.29, 1.82) is 0 Å². The molecule has 1 aliphatic heterocycles. The fraction of sp³-hybridized carbons (Fsp3) is 0.286.